The number of piperidine rings is 1. The second kappa shape index (κ2) is 5.25. The van der Waals surface area contributed by atoms with Crippen LogP contribution in [0.1, 0.15) is 12.8 Å². The second-order valence-corrected chi connectivity index (χ2v) is 5.31. The highest BCUT2D eigenvalue weighted by Gasteiger charge is 2.32. The zero-order valence-electron chi connectivity index (χ0n) is 10.1. The number of anilines is 1. The van der Waals surface area contributed by atoms with Gasteiger partial charge in [0.2, 0.25) is 0 Å². The Morgan fingerprint density at radius 1 is 1.29 bits per heavy atom. The zero-order chi connectivity index (χ0) is 12.3. The fourth-order valence-corrected chi connectivity index (χ4v) is 2.33. The van der Waals surface area contributed by atoms with Crippen LogP contribution < -0.4 is 5.32 Å². The molecular weight excluding hydrogens is 236 g/mol. The number of halogens is 1. The molecule has 17 heavy (non-hydrogen) atoms. The molecule has 1 fully saturated rings. The third-order valence-electron chi connectivity index (χ3n) is 3.50. The molecule has 0 spiro atoms. The van der Waals surface area contributed by atoms with Crippen LogP contribution in [-0.2, 0) is 0 Å². The number of hydrogen-bond donors (Lipinski definition) is 2. The standard InChI is InChI=1S/C13H19ClN2O/c1-16-8-6-13(10-17,7-9-16)15-12-4-2-11(14)3-5-12/h2-5,15,17H,6-10H2,1H3. The highest BCUT2D eigenvalue weighted by Crippen LogP contribution is 2.26. The van der Waals surface area contributed by atoms with Crippen molar-refractivity contribution in [2.75, 3.05) is 32.1 Å². The van der Waals surface area contributed by atoms with E-state index < -0.39 is 0 Å². The quantitative estimate of drug-likeness (QED) is 0.868. The van der Waals surface area contributed by atoms with E-state index in [1.54, 1.807) is 0 Å². The molecule has 1 aliphatic rings. The van der Waals surface area contributed by atoms with Gasteiger partial charge in [0.05, 0.1) is 12.1 Å². The molecule has 0 unspecified atom stereocenters. The van der Waals surface area contributed by atoms with Gasteiger partial charge in [-0.25, -0.2) is 0 Å². The van der Waals surface area contributed by atoms with Crippen LogP contribution in [0.2, 0.25) is 5.02 Å². The Bertz CT molecular complexity index is 358. The Hall–Kier alpha value is -0.770. The lowest BCUT2D eigenvalue weighted by Gasteiger charge is -2.40. The van der Waals surface area contributed by atoms with Gasteiger partial charge in [0.15, 0.2) is 0 Å². The third kappa shape index (κ3) is 3.12. The van der Waals surface area contributed by atoms with Gasteiger partial charge in [-0.05, 0) is 44.2 Å². The Kier molecular flexibility index (Phi) is 3.92. The molecule has 0 amide bonds. The molecule has 1 aromatic carbocycles. The summed E-state index contributed by atoms with van der Waals surface area (Å²) in [5.41, 5.74) is 0.841. The van der Waals surface area contributed by atoms with Crippen molar-refractivity contribution in [1.29, 1.82) is 0 Å². The molecule has 1 aromatic rings. The molecule has 1 aliphatic heterocycles. The number of likely N-dealkylation sites (tertiary alicyclic amines) is 1. The van der Waals surface area contributed by atoms with Crippen molar-refractivity contribution in [2.45, 2.75) is 18.4 Å². The van der Waals surface area contributed by atoms with Gasteiger partial charge in [-0.2, -0.15) is 0 Å². The van der Waals surface area contributed by atoms with Crippen molar-refractivity contribution in [1.82, 2.24) is 4.90 Å². The monoisotopic (exact) mass is 254 g/mol. The van der Waals surface area contributed by atoms with Crippen molar-refractivity contribution in [2.24, 2.45) is 0 Å². The van der Waals surface area contributed by atoms with Crippen molar-refractivity contribution in [3.63, 3.8) is 0 Å². The van der Waals surface area contributed by atoms with E-state index in [0.29, 0.717) is 0 Å². The van der Waals surface area contributed by atoms with Gasteiger partial charge in [0.25, 0.3) is 0 Å². The zero-order valence-corrected chi connectivity index (χ0v) is 10.9. The summed E-state index contributed by atoms with van der Waals surface area (Å²) in [4.78, 5) is 2.29. The maximum Gasteiger partial charge on any atom is 0.0662 e. The number of hydrogen-bond acceptors (Lipinski definition) is 3. The molecule has 2 rings (SSSR count). The van der Waals surface area contributed by atoms with Crippen LogP contribution in [0.4, 0.5) is 5.69 Å². The summed E-state index contributed by atoms with van der Waals surface area (Å²) in [5.74, 6) is 0. The maximum absolute atomic E-state index is 9.64. The topological polar surface area (TPSA) is 35.5 Å². The van der Waals surface area contributed by atoms with Crippen LogP contribution in [0.5, 0.6) is 0 Å². The van der Waals surface area contributed by atoms with Gasteiger partial charge in [0, 0.05) is 23.8 Å². The fraction of sp³-hybridized carbons (Fsp3) is 0.538. The van der Waals surface area contributed by atoms with Crippen molar-refractivity contribution in [3.05, 3.63) is 29.3 Å². The number of nitrogens with zero attached hydrogens (tertiary/aromatic N) is 1. The summed E-state index contributed by atoms with van der Waals surface area (Å²) in [7, 11) is 2.11. The molecule has 1 saturated heterocycles. The minimum absolute atomic E-state index is 0.170. The molecule has 0 atom stereocenters. The predicted molar refractivity (Wildman–Crippen MR) is 71.6 cm³/mol. The first-order valence-electron chi connectivity index (χ1n) is 5.97. The normalized spacial score (nSPS) is 20.2. The van der Waals surface area contributed by atoms with Crippen LogP contribution in [0.3, 0.4) is 0 Å². The summed E-state index contributed by atoms with van der Waals surface area (Å²) in [6, 6.07) is 7.64. The van der Waals surface area contributed by atoms with E-state index in [-0.39, 0.29) is 12.1 Å². The van der Waals surface area contributed by atoms with E-state index in [9.17, 15) is 5.11 Å². The average molecular weight is 255 g/mol. The molecule has 94 valence electrons. The Morgan fingerprint density at radius 3 is 2.41 bits per heavy atom. The third-order valence-corrected chi connectivity index (χ3v) is 3.75. The molecule has 0 radical (unpaired) electrons. The lowest BCUT2D eigenvalue weighted by molar-refractivity contribution is 0.133. The van der Waals surface area contributed by atoms with Crippen molar-refractivity contribution in [3.8, 4) is 0 Å². The molecule has 4 heteroatoms. The predicted octanol–water partition coefficient (Wildman–Crippen LogP) is 2.21. The highest BCUT2D eigenvalue weighted by atomic mass is 35.5. The van der Waals surface area contributed by atoms with Crippen LogP contribution in [0.25, 0.3) is 0 Å². The fourth-order valence-electron chi connectivity index (χ4n) is 2.21. The van der Waals surface area contributed by atoms with E-state index in [1.807, 2.05) is 24.3 Å². The van der Waals surface area contributed by atoms with Gasteiger partial charge >= 0.3 is 0 Å². The Labute approximate surface area is 107 Å². The van der Waals surface area contributed by atoms with E-state index in [2.05, 4.69) is 17.3 Å². The van der Waals surface area contributed by atoms with E-state index in [4.69, 9.17) is 11.6 Å². The molecule has 0 bridgehead atoms. The van der Waals surface area contributed by atoms with Crippen LogP contribution in [0.15, 0.2) is 24.3 Å². The highest BCUT2D eigenvalue weighted by molar-refractivity contribution is 6.30. The van der Waals surface area contributed by atoms with Crippen molar-refractivity contribution < 1.29 is 5.11 Å². The first kappa shape index (κ1) is 12.7. The lowest BCUT2D eigenvalue weighted by Crippen LogP contribution is -2.50. The number of rotatable bonds is 3. The maximum atomic E-state index is 9.64. The van der Waals surface area contributed by atoms with Gasteiger partial charge in [-0.15, -0.1) is 0 Å². The van der Waals surface area contributed by atoms with Gasteiger partial charge in [-0.1, -0.05) is 11.6 Å². The van der Waals surface area contributed by atoms with Gasteiger partial charge in [-0.3, -0.25) is 0 Å². The molecule has 2 N–H and O–H groups in total. The van der Waals surface area contributed by atoms with E-state index in [0.717, 1.165) is 36.6 Å². The molecule has 1 heterocycles. The number of benzene rings is 1. The van der Waals surface area contributed by atoms with Crippen LogP contribution in [-0.4, -0.2) is 42.3 Å². The minimum Gasteiger partial charge on any atom is -0.394 e. The first-order chi connectivity index (χ1) is 8.13. The smallest absolute Gasteiger partial charge is 0.0662 e. The lowest BCUT2D eigenvalue weighted by atomic mass is 9.88. The summed E-state index contributed by atoms with van der Waals surface area (Å²) in [6.07, 6.45) is 1.92. The summed E-state index contributed by atoms with van der Waals surface area (Å²) < 4.78 is 0. The molecule has 0 aliphatic carbocycles. The molecule has 0 saturated carbocycles. The van der Waals surface area contributed by atoms with Crippen LogP contribution >= 0.6 is 11.6 Å². The van der Waals surface area contributed by atoms with Gasteiger partial charge in [0.1, 0.15) is 0 Å². The molecule has 3 nitrogen and oxygen atoms in total. The number of aliphatic hydroxyl groups excluding tert-OH is 1. The van der Waals surface area contributed by atoms with Crippen LogP contribution in [0, 0.1) is 0 Å². The molecular formula is C13H19ClN2O. The average Bonchev–Trinajstić information content (AvgIpc) is 2.35. The van der Waals surface area contributed by atoms with E-state index >= 15 is 0 Å². The Morgan fingerprint density at radius 2 is 1.88 bits per heavy atom. The number of aliphatic hydroxyl groups is 1. The summed E-state index contributed by atoms with van der Waals surface area (Å²) in [5, 5.41) is 13.8. The molecule has 0 aromatic heterocycles. The second-order valence-electron chi connectivity index (χ2n) is 4.87. The van der Waals surface area contributed by atoms with E-state index in [1.165, 1.54) is 0 Å². The number of nitrogens with one attached hydrogen (secondary N) is 1. The minimum atomic E-state index is -0.180. The van der Waals surface area contributed by atoms with Crippen molar-refractivity contribution >= 4 is 17.3 Å². The summed E-state index contributed by atoms with van der Waals surface area (Å²) in [6.45, 7) is 2.20. The Balaban J connectivity index is 2.06. The first-order valence-corrected chi connectivity index (χ1v) is 6.34. The SMILES string of the molecule is CN1CCC(CO)(Nc2ccc(Cl)cc2)CC1. The summed E-state index contributed by atoms with van der Waals surface area (Å²) >= 11 is 5.86. The largest absolute Gasteiger partial charge is 0.394 e. The van der Waals surface area contributed by atoms with Gasteiger partial charge < -0.3 is 15.3 Å².